The molecule has 3 heterocycles. The predicted molar refractivity (Wildman–Crippen MR) is 88.4 cm³/mol. The summed E-state index contributed by atoms with van der Waals surface area (Å²) in [7, 11) is 0. The van der Waals surface area contributed by atoms with E-state index in [1.54, 1.807) is 6.20 Å². The van der Waals surface area contributed by atoms with Crippen LogP contribution in [0.4, 0.5) is 0 Å². The third-order valence-corrected chi connectivity index (χ3v) is 5.95. The number of amides is 1. The van der Waals surface area contributed by atoms with Gasteiger partial charge in [-0.1, -0.05) is 0 Å². The van der Waals surface area contributed by atoms with Gasteiger partial charge >= 0.3 is 0 Å². The fraction of sp³-hybridized carbons (Fsp3) is 0.562. The Kier molecular flexibility index (Phi) is 3.90. The van der Waals surface area contributed by atoms with Crippen LogP contribution in [0, 0.1) is 5.92 Å². The van der Waals surface area contributed by atoms with E-state index in [1.165, 1.54) is 28.4 Å². The zero-order valence-corrected chi connectivity index (χ0v) is 13.9. The molecule has 0 fully saturated rings. The lowest BCUT2D eigenvalue weighted by molar-refractivity contribution is 0.0998. The van der Waals surface area contributed by atoms with E-state index in [-0.39, 0.29) is 5.91 Å². The number of hydrogen-bond donors (Lipinski definition) is 2. The maximum absolute atomic E-state index is 11.5. The highest BCUT2D eigenvalue weighted by Crippen LogP contribution is 2.27. The van der Waals surface area contributed by atoms with Crippen LogP contribution in [0.25, 0.3) is 0 Å². The molecule has 122 valence electrons. The Bertz CT molecular complexity index is 713. The minimum Gasteiger partial charge on any atom is -0.365 e. The second-order valence-electron chi connectivity index (χ2n) is 6.41. The lowest BCUT2D eigenvalue weighted by Gasteiger charge is -2.24. The summed E-state index contributed by atoms with van der Waals surface area (Å²) >= 11 is 1.86. The van der Waals surface area contributed by atoms with Crippen molar-refractivity contribution < 1.29 is 4.79 Å². The number of thiazole rings is 1. The molecule has 1 atom stereocenters. The molecule has 1 aliphatic heterocycles. The van der Waals surface area contributed by atoms with Crippen LogP contribution in [0.3, 0.4) is 0 Å². The van der Waals surface area contributed by atoms with Crippen LogP contribution in [-0.2, 0) is 32.4 Å². The monoisotopic (exact) mass is 331 g/mol. The molecule has 0 saturated carbocycles. The molecule has 23 heavy (non-hydrogen) atoms. The fourth-order valence-electron chi connectivity index (χ4n) is 3.58. The Morgan fingerprint density at radius 2 is 2.39 bits per heavy atom. The smallest absolute Gasteiger partial charge is 0.252 e. The zero-order chi connectivity index (χ0) is 15.8. The number of nitrogens with zero attached hydrogens (tertiary/aromatic N) is 3. The Morgan fingerprint density at radius 1 is 1.48 bits per heavy atom. The number of rotatable bonds is 5. The Morgan fingerprint density at radius 3 is 3.22 bits per heavy atom. The first-order valence-corrected chi connectivity index (χ1v) is 9.05. The molecule has 2 aromatic heterocycles. The highest BCUT2D eigenvalue weighted by Gasteiger charge is 2.24. The predicted octanol–water partition coefficient (Wildman–Crippen LogP) is 1.28. The topological polar surface area (TPSA) is 85.8 Å². The third-order valence-electron chi connectivity index (χ3n) is 4.79. The minimum absolute atomic E-state index is 0.378. The van der Waals surface area contributed by atoms with E-state index in [2.05, 4.69) is 10.4 Å². The summed E-state index contributed by atoms with van der Waals surface area (Å²) in [5.74, 6) is 0.140. The molecular formula is C16H21N5OS. The van der Waals surface area contributed by atoms with Crippen molar-refractivity contribution in [3.8, 4) is 0 Å². The second-order valence-corrected chi connectivity index (χ2v) is 7.58. The van der Waals surface area contributed by atoms with E-state index in [0.29, 0.717) is 11.5 Å². The molecular weight excluding hydrogens is 310 g/mol. The lowest BCUT2D eigenvalue weighted by atomic mass is 9.94. The molecule has 4 rings (SSSR count). The highest BCUT2D eigenvalue weighted by atomic mass is 32.1. The van der Waals surface area contributed by atoms with Gasteiger partial charge in [0.15, 0.2) is 0 Å². The van der Waals surface area contributed by atoms with Crippen molar-refractivity contribution in [1.29, 1.82) is 0 Å². The Hall–Kier alpha value is -1.73. The summed E-state index contributed by atoms with van der Waals surface area (Å²) < 4.78 is 1.92. The zero-order valence-electron chi connectivity index (χ0n) is 13.0. The third kappa shape index (κ3) is 2.90. The van der Waals surface area contributed by atoms with E-state index in [0.717, 1.165) is 44.6 Å². The SMILES string of the molecule is NC(=O)c1cnn2c1CC(CNCc1nc3c(s1)CCC3)CC2. The van der Waals surface area contributed by atoms with E-state index in [9.17, 15) is 4.79 Å². The van der Waals surface area contributed by atoms with Gasteiger partial charge in [0.2, 0.25) is 0 Å². The van der Waals surface area contributed by atoms with Crippen molar-refractivity contribution in [3.05, 3.63) is 33.0 Å². The molecule has 0 spiro atoms. The molecule has 1 amide bonds. The van der Waals surface area contributed by atoms with Gasteiger partial charge in [-0.3, -0.25) is 9.48 Å². The summed E-state index contributed by atoms with van der Waals surface area (Å²) in [4.78, 5) is 17.7. The van der Waals surface area contributed by atoms with E-state index in [4.69, 9.17) is 10.7 Å². The van der Waals surface area contributed by atoms with Crippen molar-refractivity contribution in [1.82, 2.24) is 20.1 Å². The molecule has 0 radical (unpaired) electrons. The molecule has 0 bridgehead atoms. The first-order valence-electron chi connectivity index (χ1n) is 8.23. The van der Waals surface area contributed by atoms with E-state index < -0.39 is 0 Å². The summed E-state index contributed by atoms with van der Waals surface area (Å²) in [5, 5.41) is 8.99. The van der Waals surface area contributed by atoms with Crippen LogP contribution in [-0.4, -0.2) is 27.2 Å². The van der Waals surface area contributed by atoms with Gasteiger partial charge in [-0.15, -0.1) is 11.3 Å². The van der Waals surface area contributed by atoms with Gasteiger partial charge in [-0.25, -0.2) is 4.98 Å². The molecule has 0 saturated heterocycles. The number of fused-ring (bicyclic) bond motifs is 2. The Labute approximate surface area is 139 Å². The molecule has 2 aliphatic rings. The lowest BCUT2D eigenvalue weighted by Crippen LogP contribution is -2.30. The highest BCUT2D eigenvalue weighted by molar-refractivity contribution is 7.11. The van der Waals surface area contributed by atoms with E-state index >= 15 is 0 Å². The number of nitrogens with two attached hydrogens (primary N) is 1. The number of hydrogen-bond acceptors (Lipinski definition) is 5. The van der Waals surface area contributed by atoms with Crippen molar-refractivity contribution in [2.24, 2.45) is 11.7 Å². The standard InChI is InChI=1S/C16H21N5OS/c17-16(22)11-8-19-21-5-4-10(6-13(11)21)7-18-9-15-20-12-2-1-3-14(12)23-15/h8,10,18H,1-7,9H2,(H2,17,22). The van der Waals surface area contributed by atoms with Crippen molar-refractivity contribution >= 4 is 17.2 Å². The molecule has 1 unspecified atom stereocenters. The molecule has 7 heteroatoms. The van der Waals surface area contributed by atoms with Crippen LogP contribution in [0.15, 0.2) is 6.20 Å². The van der Waals surface area contributed by atoms with Crippen LogP contribution in [0.1, 0.15) is 44.5 Å². The van der Waals surface area contributed by atoms with Gasteiger partial charge in [-0.2, -0.15) is 5.10 Å². The summed E-state index contributed by atoms with van der Waals surface area (Å²) in [6.45, 7) is 2.64. The number of carbonyl (C=O) groups excluding carboxylic acids is 1. The first-order chi connectivity index (χ1) is 11.2. The minimum atomic E-state index is -0.378. The van der Waals surface area contributed by atoms with Crippen molar-refractivity contribution in [3.63, 3.8) is 0 Å². The second kappa shape index (κ2) is 6.05. The molecule has 6 nitrogen and oxygen atoms in total. The van der Waals surface area contributed by atoms with Crippen LogP contribution >= 0.6 is 11.3 Å². The molecule has 0 aromatic carbocycles. The van der Waals surface area contributed by atoms with Crippen LogP contribution < -0.4 is 11.1 Å². The van der Waals surface area contributed by atoms with Crippen LogP contribution in [0.5, 0.6) is 0 Å². The molecule has 3 N–H and O–H groups in total. The number of aromatic nitrogens is 3. The van der Waals surface area contributed by atoms with Gasteiger partial charge in [0.25, 0.3) is 5.91 Å². The number of carbonyl (C=O) groups is 1. The normalized spacial score (nSPS) is 19.6. The van der Waals surface area contributed by atoms with Crippen LogP contribution in [0.2, 0.25) is 0 Å². The maximum Gasteiger partial charge on any atom is 0.252 e. The average Bonchev–Trinajstić information content (AvgIpc) is 3.19. The quantitative estimate of drug-likeness (QED) is 0.864. The van der Waals surface area contributed by atoms with Gasteiger partial charge in [0.05, 0.1) is 23.1 Å². The van der Waals surface area contributed by atoms with Gasteiger partial charge in [0, 0.05) is 18.0 Å². The Balaban J connectivity index is 1.33. The number of primary amides is 1. The number of nitrogens with one attached hydrogen (secondary N) is 1. The summed E-state index contributed by atoms with van der Waals surface area (Å²) in [6, 6.07) is 0. The molecule has 2 aromatic rings. The largest absolute Gasteiger partial charge is 0.365 e. The number of aryl methyl sites for hydroxylation is 3. The van der Waals surface area contributed by atoms with Gasteiger partial charge in [0.1, 0.15) is 5.01 Å². The fourth-order valence-corrected chi connectivity index (χ4v) is 4.71. The molecule has 1 aliphatic carbocycles. The van der Waals surface area contributed by atoms with Crippen molar-refractivity contribution in [2.45, 2.75) is 45.2 Å². The van der Waals surface area contributed by atoms with Gasteiger partial charge in [-0.05, 0) is 44.6 Å². The first kappa shape index (κ1) is 14.8. The maximum atomic E-state index is 11.5. The van der Waals surface area contributed by atoms with Crippen molar-refractivity contribution in [2.75, 3.05) is 6.54 Å². The summed E-state index contributed by atoms with van der Waals surface area (Å²) in [6.07, 6.45) is 7.15. The summed E-state index contributed by atoms with van der Waals surface area (Å²) in [5.41, 5.74) is 8.31. The van der Waals surface area contributed by atoms with Gasteiger partial charge < -0.3 is 11.1 Å². The average molecular weight is 331 g/mol. The van der Waals surface area contributed by atoms with E-state index in [1.807, 2.05) is 16.0 Å².